The van der Waals surface area contributed by atoms with Crippen molar-refractivity contribution in [2.24, 2.45) is 0 Å². The molecule has 1 aliphatic heterocycles. The lowest BCUT2D eigenvalue weighted by Crippen LogP contribution is -2.49. The van der Waals surface area contributed by atoms with E-state index >= 15 is 0 Å². The Hall–Kier alpha value is -2.93. The summed E-state index contributed by atoms with van der Waals surface area (Å²) in [5.41, 5.74) is -0.898. The number of nitrogens with zero attached hydrogens (tertiary/aromatic N) is 6. The fourth-order valence-electron chi connectivity index (χ4n) is 3.33. The minimum atomic E-state index is -4.48. The zero-order chi connectivity index (χ0) is 24.9. The summed E-state index contributed by atoms with van der Waals surface area (Å²) < 4.78 is 43.6. The van der Waals surface area contributed by atoms with E-state index in [2.05, 4.69) is 20.2 Å². The highest BCUT2D eigenvalue weighted by atomic mass is 35.5. The van der Waals surface area contributed by atoms with Crippen molar-refractivity contribution in [3.63, 3.8) is 0 Å². The number of aromatic nitrogens is 4. The maximum absolute atomic E-state index is 12.7. The van der Waals surface area contributed by atoms with E-state index in [9.17, 15) is 22.8 Å². The summed E-state index contributed by atoms with van der Waals surface area (Å²) in [6.07, 6.45) is -1.31. The number of rotatable bonds is 8. The van der Waals surface area contributed by atoms with Crippen molar-refractivity contribution in [3.8, 4) is 0 Å². The number of nitrogens with one attached hydrogen (secondary N) is 1. The fourth-order valence-corrected chi connectivity index (χ4v) is 3.55. The number of ether oxygens (including phenoxy) is 1. The molecule has 1 N–H and O–H groups in total. The second-order valence-electron chi connectivity index (χ2n) is 7.82. The monoisotopic (exact) mass is 503 g/mol. The molecule has 10 nitrogen and oxygen atoms in total. The molecule has 1 aliphatic rings. The van der Waals surface area contributed by atoms with Crippen molar-refractivity contribution < 1.29 is 22.7 Å². The molecule has 2 aromatic heterocycles. The van der Waals surface area contributed by atoms with E-state index in [-0.39, 0.29) is 35.9 Å². The van der Waals surface area contributed by atoms with Crippen molar-refractivity contribution in [1.29, 1.82) is 0 Å². The van der Waals surface area contributed by atoms with Gasteiger partial charge in [0, 0.05) is 51.7 Å². The number of carbonyl (C=O) groups is 1. The Labute approximate surface area is 198 Å². The fraction of sp³-hybridized carbons (Fsp3) is 0.550. The van der Waals surface area contributed by atoms with Crippen molar-refractivity contribution >= 4 is 29.1 Å². The average molecular weight is 504 g/mol. The lowest BCUT2D eigenvalue weighted by molar-refractivity contribution is -0.138. The van der Waals surface area contributed by atoms with E-state index in [1.54, 1.807) is 21.7 Å². The van der Waals surface area contributed by atoms with Crippen LogP contribution in [0.1, 0.15) is 18.9 Å². The van der Waals surface area contributed by atoms with E-state index in [1.165, 1.54) is 6.20 Å². The molecule has 1 atom stereocenters. The van der Waals surface area contributed by atoms with E-state index in [0.717, 1.165) is 12.4 Å². The Morgan fingerprint density at radius 1 is 1.24 bits per heavy atom. The van der Waals surface area contributed by atoms with Gasteiger partial charge in [0.25, 0.3) is 5.56 Å². The highest BCUT2D eigenvalue weighted by molar-refractivity contribution is 6.32. The maximum atomic E-state index is 12.7. The standard InChI is InChI=1S/C20H25ClF3N7O3/c1-13(29(2)15-11-27-28-18(33)17(15)21)12-34-8-3-16(32)30-4-6-31(7-5-30)19-25-9-14(10-26-19)20(22,23)24/h9-11,13H,3-8,12H2,1-2H3,(H,28,33). The molecule has 0 aromatic carbocycles. The van der Waals surface area contributed by atoms with Gasteiger partial charge in [-0.25, -0.2) is 15.1 Å². The van der Waals surface area contributed by atoms with E-state index in [0.29, 0.717) is 38.5 Å². The number of hydrogen-bond acceptors (Lipinski definition) is 8. The molecule has 186 valence electrons. The first-order chi connectivity index (χ1) is 16.1. The van der Waals surface area contributed by atoms with Crippen molar-refractivity contribution in [2.45, 2.75) is 25.6 Å². The number of anilines is 2. The van der Waals surface area contributed by atoms with Gasteiger partial charge in [-0.05, 0) is 6.92 Å². The number of alkyl halides is 3. The Morgan fingerprint density at radius 3 is 2.50 bits per heavy atom. The second-order valence-corrected chi connectivity index (χ2v) is 8.20. The van der Waals surface area contributed by atoms with Gasteiger partial charge < -0.3 is 19.4 Å². The van der Waals surface area contributed by atoms with Crippen LogP contribution in [-0.4, -0.2) is 83.5 Å². The number of carbonyl (C=O) groups excluding carboxylic acids is 1. The van der Waals surface area contributed by atoms with Gasteiger partial charge in [-0.15, -0.1) is 0 Å². The van der Waals surface area contributed by atoms with Gasteiger partial charge in [0.2, 0.25) is 11.9 Å². The summed E-state index contributed by atoms with van der Waals surface area (Å²) in [6, 6.07) is -0.122. The van der Waals surface area contributed by atoms with Crippen LogP contribution in [0.25, 0.3) is 0 Å². The predicted octanol–water partition coefficient (Wildman–Crippen LogP) is 1.81. The normalized spacial score (nSPS) is 15.4. The number of halogens is 4. The van der Waals surface area contributed by atoms with Gasteiger partial charge >= 0.3 is 6.18 Å². The summed E-state index contributed by atoms with van der Waals surface area (Å²) >= 11 is 6.02. The van der Waals surface area contributed by atoms with Crippen LogP contribution in [0.4, 0.5) is 24.8 Å². The Balaban J connectivity index is 1.39. The van der Waals surface area contributed by atoms with Crippen LogP contribution in [0, 0.1) is 0 Å². The molecule has 1 unspecified atom stereocenters. The molecule has 2 aromatic rings. The van der Waals surface area contributed by atoms with Gasteiger partial charge in [0.15, 0.2) is 0 Å². The lowest BCUT2D eigenvalue weighted by atomic mass is 10.2. The van der Waals surface area contributed by atoms with Crippen LogP contribution in [0.3, 0.4) is 0 Å². The van der Waals surface area contributed by atoms with Crippen molar-refractivity contribution in [1.82, 2.24) is 25.1 Å². The lowest BCUT2D eigenvalue weighted by Gasteiger charge is -2.34. The van der Waals surface area contributed by atoms with Crippen LogP contribution < -0.4 is 15.4 Å². The van der Waals surface area contributed by atoms with Crippen molar-refractivity contribution in [3.05, 3.63) is 39.5 Å². The summed E-state index contributed by atoms with van der Waals surface area (Å²) in [4.78, 5) is 36.9. The summed E-state index contributed by atoms with van der Waals surface area (Å²) in [5.74, 6) is 0.132. The van der Waals surface area contributed by atoms with E-state index in [4.69, 9.17) is 16.3 Å². The Kier molecular flexibility index (Phi) is 8.31. The maximum Gasteiger partial charge on any atom is 0.419 e. The smallest absolute Gasteiger partial charge is 0.379 e. The number of hydrogen-bond donors (Lipinski definition) is 1. The first-order valence-corrected chi connectivity index (χ1v) is 10.9. The molecule has 0 radical (unpaired) electrons. The predicted molar refractivity (Wildman–Crippen MR) is 119 cm³/mol. The molecular formula is C20H25ClF3N7O3. The van der Waals surface area contributed by atoms with Gasteiger partial charge in [-0.1, -0.05) is 11.6 Å². The summed E-state index contributed by atoms with van der Waals surface area (Å²) in [5, 5.41) is 6.05. The third kappa shape index (κ3) is 6.35. The third-order valence-corrected chi connectivity index (χ3v) is 5.88. The van der Waals surface area contributed by atoms with Gasteiger partial charge in [-0.2, -0.15) is 18.3 Å². The highest BCUT2D eigenvalue weighted by Crippen LogP contribution is 2.28. The summed E-state index contributed by atoms with van der Waals surface area (Å²) in [7, 11) is 1.77. The number of likely N-dealkylation sites (N-methyl/N-ethyl adjacent to an activating group) is 1. The minimum Gasteiger partial charge on any atom is -0.379 e. The topological polar surface area (TPSA) is 108 Å². The molecule has 3 rings (SSSR count). The van der Waals surface area contributed by atoms with Gasteiger partial charge in [-0.3, -0.25) is 9.59 Å². The molecule has 0 spiro atoms. The van der Waals surface area contributed by atoms with Gasteiger partial charge in [0.1, 0.15) is 5.02 Å². The van der Waals surface area contributed by atoms with Crippen LogP contribution in [0.2, 0.25) is 5.02 Å². The largest absolute Gasteiger partial charge is 0.419 e. The number of piperazine rings is 1. The molecule has 1 fully saturated rings. The van der Waals surface area contributed by atoms with Crippen LogP contribution >= 0.6 is 11.6 Å². The number of aromatic amines is 1. The molecule has 34 heavy (non-hydrogen) atoms. The Bertz CT molecular complexity index is 1030. The van der Waals surface area contributed by atoms with Crippen LogP contribution in [-0.2, 0) is 15.7 Å². The molecule has 0 aliphatic carbocycles. The van der Waals surface area contributed by atoms with Crippen molar-refractivity contribution in [2.75, 3.05) is 56.2 Å². The van der Waals surface area contributed by atoms with E-state index in [1.807, 2.05) is 6.92 Å². The SMILES string of the molecule is CC(COCCC(=O)N1CCN(c2ncc(C(F)(F)F)cn2)CC1)N(C)c1cn[nH]c(=O)c1Cl. The highest BCUT2D eigenvalue weighted by Gasteiger charge is 2.32. The van der Waals surface area contributed by atoms with Crippen LogP contribution in [0.15, 0.2) is 23.4 Å². The first-order valence-electron chi connectivity index (χ1n) is 10.5. The quantitative estimate of drug-likeness (QED) is 0.543. The number of H-pyrrole nitrogens is 1. The second kappa shape index (κ2) is 11.0. The molecule has 0 bridgehead atoms. The summed E-state index contributed by atoms with van der Waals surface area (Å²) in [6.45, 7) is 4.09. The minimum absolute atomic E-state index is 0.0420. The molecular weight excluding hydrogens is 479 g/mol. The molecule has 0 saturated carbocycles. The average Bonchev–Trinajstić information content (AvgIpc) is 2.82. The molecule has 1 saturated heterocycles. The Morgan fingerprint density at radius 2 is 1.88 bits per heavy atom. The van der Waals surface area contributed by atoms with Crippen LogP contribution in [0.5, 0.6) is 0 Å². The zero-order valence-electron chi connectivity index (χ0n) is 18.7. The number of amides is 1. The first kappa shape index (κ1) is 25.7. The third-order valence-electron chi connectivity index (χ3n) is 5.52. The van der Waals surface area contributed by atoms with Gasteiger partial charge in [0.05, 0.1) is 37.1 Å². The molecule has 1 amide bonds. The van der Waals surface area contributed by atoms with E-state index < -0.39 is 17.3 Å². The molecule has 3 heterocycles. The molecule has 14 heteroatoms. The zero-order valence-corrected chi connectivity index (χ0v) is 19.4.